The molecule has 0 saturated carbocycles. The molecule has 1 saturated heterocycles. The fraction of sp³-hybridized carbons (Fsp3) is 0.562. The number of ether oxygens (including phenoxy) is 2. The number of hydrogen-bond donors (Lipinski definition) is 0. The van der Waals surface area contributed by atoms with Gasteiger partial charge < -0.3 is 14.4 Å². The second kappa shape index (κ2) is 6.51. The van der Waals surface area contributed by atoms with Gasteiger partial charge in [0.05, 0.1) is 6.54 Å². The first-order valence-corrected chi connectivity index (χ1v) is 7.75. The fourth-order valence-electron chi connectivity index (χ4n) is 2.29. The topological polar surface area (TPSA) is 38.8 Å². The number of halogens is 3. The molecule has 1 aliphatic heterocycles. The number of likely N-dealkylation sites (tertiary alicyclic amines) is 1. The van der Waals surface area contributed by atoms with Crippen LogP contribution >= 0.6 is 11.6 Å². The van der Waals surface area contributed by atoms with E-state index in [9.17, 15) is 13.6 Å². The van der Waals surface area contributed by atoms with Crippen LogP contribution in [0, 0.1) is 18.6 Å². The maximum atomic E-state index is 13.9. The highest BCUT2D eigenvalue weighted by molar-refractivity contribution is 6.32. The van der Waals surface area contributed by atoms with Crippen molar-refractivity contribution in [3.63, 3.8) is 0 Å². The van der Waals surface area contributed by atoms with Gasteiger partial charge in [-0.3, -0.25) is 0 Å². The Morgan fingerprint density at radius 3 is 2.65 bits per heavy atom. The first-order chi connectivity index (χ1) is 10.6. The smallest absolute Gasteiger partial charge is 0.410 e. The summed E-state index contributed by atoms with van der Waals surface area (Å²) in [6, 6.07) is 1.04. The van der Waals surface area contributed by atoms with Crippen molar-refractivity contribution in [1.82, 2.24) is 4.90 Å². The molecule has 1 aromatic rings. The maximum Gasteiger partial charge on any atom is 0.410 e. The molecule has 0 aliphatic carbocycles. The van der Waals surface area contributed by atoms with Gasteiger partial charge in [0.15, 0.2) is 11.6 Å². The molecule has 1 amide bonds. The summed E-state index contributed by atoms with van der Waals surface area (Å²) >= 11 is 5.82. The third kappa shape index (κ3) is 4.25. The minimum atomic E-state index is -0.718. The molecule has 1 atom stereocenters. The monoisotopic (exact) mass is 347 g/mol. The van der Waals surface area contributed by atoms with Crippen LogP contribution in [0.1, 0.15) is 32.8 Å². The normalized spacial score (nSPS) is 18.2. The van der Waals surface area contributed by atoms with Gasteiger partial charge in [-0.05, 0) is 39.3 Å². The second-order valence-electron chi connectivity index (χ2n) is 6.59. The van der Waals surface area contributed by atoms with Gasteiger partial charge in [0.1, 0.15) is 22.5 Å². The Bertz CT molecular complexity index is 616. The van der Waals surface area contributed by atoms with Gasteiger partial charge in [0, 0.05) is 13.0 Å². The lowest BCUT2D eigenvalue weighted by Crippen LogP contribution is -2.36. The Labute approximate surface area is 139 Å². The summed E-state index contributed by atoms with van der Waals surface area (Å²) in [5, 5.41) is -0.377. The van der Waals surface area contributed by atoms with Crippen LogP contribution in [0.5, 0.6) is 5.75 Å². The van der Waals surface area contributed by atoms with E-state index in [0.717, 1.165) is 6.07 Å². The zero-order chi connectivity index (χ0) is 17.4. The van der Waals surface area contributed by atoms with Crippen LogP contribution in [-0.4, -0.2) is 35.8 Å². The van der Waals surface area contributed by atoms with Crippen LogP contribution in [0.3, 0.4) is 0 Å². The van der Waals surface area contributed by atoms with Gasteiger partial charge in [0.2, 0.25) is 0 Å². The van der Waals surface area contributed by atoms with E-state index in [4.69, 9.17) is 21.1 Å². The molecular weight excluding hydrogens is 328 g/mol. The number of hydrogen-bond acceptors (Lipinski definition) is 3. The van der Waals surface area contributed by atoms with Crippen molar-refractivity contribution >= 4 is 17.7 Å². The SMILES string of the molecule is Cc1cc(F)c(OC2CCN(C(=O)OC(C)(C)C)C2)c(Cl)c1F. The average molecular weight is 348 g/mol. The van der Waals surface area contributed by atoms with Crippen molar-refractivity contribution in [2.75, 3.05) is 13.1 Å². The summed E-state index contributed by atoms with van der Waals surface area (Å²) in [5.74, 6) is -1.74. The number of amides is 1. The highest BCUT2D eigenvalue weighted by Crippen LogP contribution is 2.34. The summed E-state index contributed by atoms with van der Waals surface area (Å²) < 4.78 is 38.5. The van der Waals surface area contributed by atoms with Gasteiger partial charge in [-0.25, -0.2) is 13.6 Å². The summed E-state index contributed by atoms with van der Waals surface area (Å²) in [7, 11) is 0. The number of rotatable bonds is 2. The lowest BCUT2D eigenvalue weighted by atomic mass is 10.2. The molecule has 7 heteroatoms. The molecule has 128 valence electrons. The third-order valence-electron chi connectivity index (χ3n) is 3.38. The van der Waals surface area contributed by atoms with Crippen LogP contribution in [0.25, 0.3) is 0 Å². The van der Waals surface area contributed by atoms with Crippen molar-refractivity contribution in [3.8, 4) is 5.75 Å². The zero-order valence-electron chi connectivity index (χ0n) is 13.6. The molecule has 1 aromatic carbocycles. The molecule has 1 fully saturated rings. The van der Waals surface area contributed by atoms with E-state index in [-0.39, 0.29) is 22.9 Å². The first-order valence-electron chi connectivity index (χ1n) is 7.37. The molecule has 23 heavy (non-hydrogen) atoms. The van der Waals surface area contributed by atoms with Gasteiger partial charge in [-0.2, -0.15) is 0 Å². The number of benzene rings is 1. The van der Waals surface area contributed by atoms with Crippen molar-refractivity contribution in [2.24, 2.45) is 0 Å². The molecule has 0 spiro atoms. The quantitative estimate of drug-likeness (QED) is 0.748. The van der Waals surface area contributed by atoms with Crippen LogP contribution in [0.2, 0.25) is 5.02 Å². The van der Waals surface area contributed by atoms with Gasteiger partial charge in [0.25, 0.3) is 0 Å². The van der Waals surface area contributed by atoms with E-state index in [2.05, 4.69) is 0 Å². The molecule has 2 rings (SSSR count). The highest BCUT2D eigenvalue weighted by Gasteiger charge is 2.32. The van der Waals surface area contributed by atoms with Crippen LogP contribution in [-0.2, 0) is 4.74 Å². The molecule has 0 radical (unpaired) electrons. The van der Waals surface area contributed by atoms with E-state index < -0.39 is 29.4 Å². The Kier molecular flexibility index (Phi) is 5.04. The largest absolute Gasteiger partial charge is 0.484 e. The van der Waals surface area contributed by atoms with Crippen molar-refractivity contribution in [1.29, 1.82) is 0 Å². The number of nitrogens with zero attached hydrogens (tertiary/aromatic N) is 1. The average Bonchev–Trinajstić information content (AvgIpc) is 2.88. The van der Waals surface area contributed by atoms with Crippen LogP contribution in [0.4, 0.5) is 13.6 Å². The van der Waals surface area contributed by atoms with Gasteiger partial charge in [-0.1, -0.05) is 11.6 Å². The van der Waals surface area contributed by atoms with Crippen LogP contribution in [0.15, 0.2) is 6.07 Å². The first kappa shape index (κ1) is 17.8. The highest BCUT2D eigenvalue weighted by atomic mass is 35.5. The summed E-state index contributed by atoms with van der Waals surface area (Å²) in [6.07, 6.45) is -0.424. The van der Waals surface area contributed by atoms with E-state index in [1.165, 1.54) is 11.8 Å². The maximum absolute atomic E-state index is 13.9. The van der Waals surface area contributed by atoms with E-state index in [0.29, 0.717) is 13.0 Å². The lowest BCUT2D eigenvalue weighted by molar-refractivity contribution is 0.0275. The zero-order valence-corrected chi connectivity index (χ0v) is 14.3. The van der Waals surface area contributed by atoms with Crippen LogP contribution < -0.4 is 4.74 Å². The fourth-order valence-corrected chi connectivity index (χ4v) is 2.57. The molecule has 1 aliphatic rings. The molecule has 4 nitrogen and oxygen atoms in total. The Morgan fingerprint density at radius 2 is 2.04 bits per heavy atom. The summed E-state index contributed by atoms with van der Waals surface area (Å²) in [6.45, 7) is 7.42. The number of carbonyl (C=O) groups is 1. The number of carbonyl (C=O) groups excluding carboxylic acids is 1. The molecule has 1 unspecified atom stereocenters. The van der Waals surface area contributed by atoms with E-state index >= 15 is 0 Å². The summed E-state index contributed by atoms with van der Waals surface area (Å²) in [4.78, 5) is 13.5. The molecule has 0 aromatic heterocycles. The molecule has 0 N–H and O–H groups in total. The van der Waals surface area contributed by atoms with Crippen molar-refractivity contribution < 1.29 is 23.0 Å². The van der Waals surface area contributed by atoms with E-state index in [1.807, 2.05) is 0 Å². The minimum absolute atomic E-state index is 0.113. The Balaban J connectivity index is 2.04. The van der Waals surface area contributed by atoms with E-state index in [1.54, 1.807) is 20.8 Å². The molecule has 0 bridgehead atoms. The van der Waals surface area contributed by atoms with Gasteiger partial charge >= 0.3 is 6.09 Å². The minimum Gasteiger partial charge on any atom is -0.484 e. The third-order valence-corrected chi connectivity index (χ3v) is 3.72. The number of aryl methyl sites for hydroxylation is 1. The van der Waals surface area contributed by atoms with Crippen molar-refractivity contribution in [2.45, 2.75) is 45.8 Å². The predicted molar refractivity (Wildman–Crippen MR) is 82.9 cm³/mol. The van der Waals surface area contributed by atoms with Gasteiger partial charge in [-0.15, -0.1) is 0 Å². The summed E-state index contributed by atoms with van der Waals surface area (Å²) in [5.41, 5.74) is -0.479. The predicted octanol–water partition coefficient (Wildman–Crippen LogP) is 4.31. The Morgan fingerprint density at radius 1 is 1.39 bits per heavy atom. The molecular formula is C16H20ClF2NO3. The van der Waals surface area contributed by atoms with Crippen molar-refractivity contribution in [3.05, 3.63) is 28.3 Å². The standard InChI is InChI=1S/C16H20ClF2NO3/c1-9-7-11(18)14(12(17)13(9)19)22-10-5-6-20(8-10)15(21)23-16(2,3)4/h7,10H,5-6,8H2,1-4H3. The lowest BCUT2D eigenvalue weighted by Gasteiger charge is -2.24. The molecule has 1 heterocycles. The second-order valence-corrected chi connectivity index (χ2v) is 6.97. The Hall–Kier alpha value is -1.56.